The van der Waals surface area contributed by atoms with E-state index in [1.54, 1.807) is 22.7 Å². The number of thiazole rings is 1. The molecule has 92 valence electrons. The summed E-state index contributed by atoms with van der Waals surface area (Å²) in [6, 6.07) is 0. The Kier molecular flexibility index (Phi) is 3.56. The van der Waals surface area contributed by atoms with Gasteiger partial charge in [-0.2, -0.15) is 0 Å². The van der Waals surface area contributed by atoms with Crippen molar-refractivity contribution in [2.24, 2.45) is 0 Å². The van der Waals surface area contributed by atoms with E-state index in [2.05, 4.69) is 41.3 Å². The molecule has 0 fully saturated rings. The molecule has 4 nitrogen and oxygen atoms in total. The van der Waals surface area contributed by atoms with E-state index in [1.165, 1.54) is 0 Å². The maximum Gasteiger partial charge on any atom is 0.167 e. The molecule has 0 bridgehead atoms. The number of hydrogen-bond donors (Lipinski definition) is 1. The summed E-state index contributed by atoms with van der Waals surface area (Å²) in [5.41, 5.74) is 1.04. The quantitative estimate of drug-likeness (QED) is 0.930. The fourth-order valence-electron chi connectivity index (χ4n) is 1.23. The SMILES string of the molecule is Cc1nc(-c2nnc(CNC(C)(C)C)s2)cs1. The van der Waals surface area contributed by atoms with E-state index in [0.29, 0.717) is 0 Å². The second kappa shape index (κ2) is 4.80. The Morgan fingerprint density at radius 1 is 1.29 bits per heavy atom. The Bertz CT molecular complexity index is 496. The number of aromatic nitrogens is 3. The average Bonchev–Trinajstić information content (AvgIpc) is 2.81. The van der Waals surface area contributed by atoms with Gasteiger partial charge in [-0.05, 0) is 27.7 Å². The summed E-state index contributed by atoms with van der Waals surface area (Å²) in [6.45, 7) is 9.16. The molecule has 0 spiro atoms. The third kappa shape index (κ3) is 3.55. The molecule has 0 aliphatic carbocycles. The minimum absolute atomic E-state index is 0.100. The van der Waals surface area contributed by atoms with E-state index in [4.69, 9.17) is 0 Å². The summed E-state index contributed by atoms with van der Waals surface area (Å²) in [6.07, 6.45) is 0. The first-order valence-corrected chi connectivity index (χ1v) is 7.13. The normalized spacial score (nSPS) is 12.0. The van der Waals surface area contributed by atoms with Crippen LogP contribution in [0.4, 0.5) is 0 Å². The molecular formula is C11H16N4S2. The van der Waals surface area contributed by atoms with Gasteiger partial charge in [0.15, 0.2) is 5.01 Å². The highest BCUT2D eigenvalue weighted by atomic mass is 32.1. The van der Waals surface area contributed by atoms with E-state index in [9.17, 15) is 0 Å². The molecular weight excluding hydrogens is 252 g/mol. The zero-order valence-corrected chi connectivity index (χ0v) is 12.1. The zero-order valence-electron chi connectivity index (χ0n) is 10.4. The number of nitrogens with zero attached hydrogens (tertiary/aromatic N) is 3. The summed E-state index contributed by atoms with van der Waals surface area (Å²) in [5, 5.41) is 16.7. The van der Waals surface area contributed by atoms with Gasteiger partial charge in [0.1, 0.15) is 10.7 Å². The second-order valence-corrected chi connectivity index (χ2v) is 6.98. The van der Waals surface area contributed by atoms with Crippen molar-refractivity contribution in [1.29, 1.82) is 0 Å². The van der Waals surface area contributed by atoms with Crippen LogP contribution in [0.25, 0.3) is 10.7 Å². The summed E-state index contributed by atoms with van der Waals surface area (Å²) in [5.74, 6) is 0. The molecule has 0 aromatic carbocycles. The van der Waals surface area contributed by atoms with Crippen molar-refractivity contribution in [3.05, 3.63) is 15.4 Å². The summed E-state index contributed by atoms with van der Waals surface area (Å²) in [7, 11) is 0. The van der Waals surface area contributed by atoms with Gasteiger partial charge in [-0.15, -0.1) is 21.5 Å². The zero-order chi connectivity index (χ0) is 12.5. The van der Waals surface area contributed by atoms with Gasteiger partial charge < -0.3 is 5.32 Å². The third-order valence-corrected chi connectivity index (χ3v) is 3.79. The van der Waals surface area contributed by atoms with Crippen molar-refractivity contribution in [3.63, 3.8) is 0 Å². The maximum absolute atomic E-state index is 4.41. The molecule has 0 saturated carbocycles. The van der Waals surface area contributed by atoms with Crippen molar-refractivity contribution < 1.29 is 0 Å². The Labute approximate surface area is 109 Å². The minimum Gasteiger partial charge on any atom is -0.306 e. The van der Waals surface area contributed by atoms with Crippen LogP contribution < -0.4 is 5.32 Å². The van der Waals surface area contributed by atoms with E-state index >= 15 is 0 Å². The van der Waals surface area contributed by atoms with Crippen molar-refractivity contribution in [3.8, 4) is 10.7 Å². The largest absolute Gasteiger partial charge is 0.306 e. The lowest BCUT2D eigenvalue weighted by atomic mass is 10.1. The molecule has 2 heterocycles. The van der Waals surface area contributed by atoms with Crippen LogP contribution in [0.3, 0.4) is 0 Å². The molecule has 1 N–H and O–H groups in total. The molecule has 2 rings (SSSR count). The predicted octanol–water partition coefficient (Wildman–Crippen LogP) is 2.86. The van der Waals surface area contributed by atoms with E-state index in [-0.39, 0.29) is 5.54 Å². The smallest absolute Gasteiger partial charge is 0.167 e. The van der Waals surface area contributed by atoms with E-state index in [1.807, 2.05) is 12.3 Å². The van der Waals surface area contributed by atoms with Crippen LogP contribution in [-0.2, 0) is 6.54 Å². The second-order valence-electron chi connectivity index (χ2n) is 4.86. The lowest BCUT2D eigenvalue weighted by Crippen LogP contribution is -2.35. The number of hydrogen-bond acceptors (Lipinski definition) is 6. The average molecular weight is 268 g/mol. The van der Waals surface area contributed by atoms with E-state index in [0.717, 1.165) is 27.3 Å². The highest BCUT2D eigenvalue weighted by molar-refractivity contribution is 7.15. The summed E-state index contributed by atoms with van der Waals surface area (Å²) in [4.78, 5) is 4.41. The Morgan fingerprint density at radius 3 is 2.65 bits per heavy atom. The van der Waals surface area contributed by atoms with Gasteiger partial charge in [0.05, 0.1) is 11.6 Å². The lowest BCUT2D eigenvalue weighted by molar-refractivity contribution is 0.423. The van der Waals surface area contributed by atoms with Crippen molar-refractivity contribution in [2.45, 2.75) is 39.8 Å². The van der Waals surface area contributed by atoms with Gasteiger partial charge in [-0.1, -0.05) is 11.3 Å². The molecule has 0 aliphatic rings. The Hall–Kier alpha value is -0.850. The topological polar surface area (TPSA) is 50.7 Å². The van der Waals surface area contributed by atoms with Crippen LogP contribution >= 0.6 is 22.7 Å². The maximum atomic E-state index is 4.41. The predicted molar refractivity (Wildman–Crippen MR) is 72.3 cm³/mol. The monoisotopic (exact) mass is 268 g/mol. The van der Waals surface area contributed by atoms with Crippen molar-refractivity contribution in [2.75, 3.05) is 0 Å². The standard InChI is InChI=1S/C11H16N4S2/c1-7-13-8(6-16-7)10-15-14-9(17-10)5-12-11(2,3)4/h6,12H,5H2,1-4H3. The van der Waals surface area contributed by atoms with Crippen LogP contribution in [0.15, 0.2) is 5.38 Å². The van der Waals surface area contributed by atoms with Gasteiger partial charge >= 0.3 is 0 Å². The first-order chi connectivity index (χ1) is 7.94. The minimum atomic E-state index is 0.100. The van der Waals surface area contributed by atoms with Gasteiger partial charge in [0, 0.05) is 10.9 Å². The Morgan fingerprint density at radius 2 is 2.06 bits per heavy atom. The molecule has 0 atom stereocenters. The summed E-state index contributed by atoms with van der Waals surface area (Å²) < 4.78 is 0. The van der Waals surface area contributed by atoms with E-state index < -0.39 is 0 Å². The van der Waals surface area contributed by atoms with Gasteiger partial charge in [0.25, 0.3) is 0 Å². The van der Waals surface area contributed by atoms with Crippen LogP contribution in [-0.4, -0.2) is 20.7 Å². The van der Waals surface area contributed by atoms with Crippen LogP contribution in [0, 0.1) is 6.92 Å². The van der Waals surface area contributed by atoms with Crippen molar-refractivity contribution in [1.82, 2.24) is 20.5 Å². The third-order valence-electron chi connectivity index (χ3n) is 2.07. The number of rotatable bonds is 3. The first kappa shape index (κ1) is 12.6. The highest BCUT2D eigenvalue weighted by Crippen LogP contribution is 2.24. The van der Waals surface area contributed by atoms with Crippen molar-refractivity contribution >= 4 is 22.7 Å². The molecule has 0 amide bonds. The highest BCUT2D eigenvalue weighted by Gasteiger charge is 2.12. The summed E-state index contributed by atoms with van der Waals surface area (Å²) >= 11 is 3.24. The van der Waals surface area contributed by atoms with Gasteiger partial charge in [-0.25, -0.2) is 4.98 Å². The fourth-order valence-corrected chi connectivity index (χ4v) is 2.64. The van der Waals surface area contributed by atoms with Crippen LogP contribution in [0.2, 0.25) is 0 Å². The molecule has 0 saturated heterocycles. The molecule has 17 heavy (non-hydrogen) atoms. The molecule has 2 aromatic heterocycles. The molecule has 0 aliphatic heterocycles. The molecule has 6 heteroatoms. The van der Waals surface area contributed by atoms with Crippen LogP contribution in [0.5, 0.6) is 0 Å². The van der Waals surface area contributed by atoms with Gasteiger partial charge in [0.2, 0.25) is 0 Å². The fraction of sp³-hybridized carbons (Fsp3) is 0.545. The molecule has 2 aromatic rings. The molecule has 0 radical (unpaired) electrons. The molecule has 0 unspecified atom stereocenters. The number of aryl methyl sites for hydroxylation is 1. The lowest BCUT2D eigenvalue weighted by Gasteiger charge is -2.19. The number of nitrogens with one attached hydrogen (secondary N) is 1. The van der Waals surface area contributed by atoms with Gasteiger partial charge in [-0.3, -0.25) is 0 Å². The Balaban J connectivity index is 2.06. The van der Waals surface area contributed by atoms with Crippen LogP contribution in [0.1, 0.15) is 30.8 Å². The first-order valence-electron chi connectivity index (χ1n) is 5.44.